The fourth-order valence-corrected chi connectivity index (χ4v) is 5.18. The van der Waals surface area contributed by atoms with Crippen molar-refractivity contribution in [1.29, 1.82) is 0 Å². The maximum Gasteiger partial charge on any atom is 0.273 e. The first kappa shape index (κ1) is 24.3. The van der Waals surface area contributed by atoms with Crippen molar-refractivity contribution in [3.63, 3.8) is 0 Å². The molecule has 0 spiro atoms. The first-order valence-corrected chi connectivity index (χ1v) is 11.6. The molecule has 0 bridgehead atoms. The van der Waals surface area contributed by atoms with Crippen molar-refractivity contribution in [3.8, 4) is 11.3 Å². The van der Waals surface area contributed by atoms with E-state index >= 15 is 0 Å². The Bertz CT molecular complexity index is 1040. The smallest absolute Gasteiger partial charge is 0.273 e. The number of nitrogens with one attached hydrogen (secondary N) is 1. The number of amides is 2. The minimum Gasteiger partial charge on any atom is -0.396 e. The van der Waals surface area contributed by atoms with Crippen LogP contribution in [-0.4, -0.2) is 77.8 Å². The lowest BCUT2D eigenvalue weighted by molar-refractivity contribution is -0.136. The third kappa shape index (κ3) is 4.97. The van der Waals surface area contributed by atoms with Gasteiger partial charge in [0.05, 0.1) is 11.5 Å². The zero-order valence-corrected chi connectivity index (χ0v) is 19.3. The Labute approximate surface area is 196 Å². The predicted octanol–water partition coefficient (Wildman–Crippen LogP) is 2.29. The topological polar surface area (TPSA) is 98.9 Å². The number of aromatic nitrogens is 1. The Morgan fingerprint density at radius 1 is 1.24 bits per heavy atom. The molecule has 1 aliphatic heterocycles. The molecule has 1 aromatic carbocycles. The molecule has 8 nitrogen and oxygen atoms in total. The highest BCUT2D eigenvalue weighted by Gasteiger charge is 2.41. The molecule has 34 heavy (non-hydrogen) atoms. The predicted molar refractivity (Wildman–Crippen MR) is 120 cm³/mol. The number of carbonyl (C=O) groups excluding carboxylic acids is 2. The van der Waals surface area contributed by atoms with Crippen LogP contribution in [-0.2, 0) is 4.79 Å². The molecule has 2 amide bonds. The molecule has 4 atom stereocenters. The summed E-state index contributed by atoms with van der Waals surface area (Å²) in [6.45, 7) is 1.33. The van der Waals surface area contributed by atoms with Gasteiger partial charge in [-0.1, -0.05) is 11.6 Å². The van der Waals surface area contributed by atoms with E-state index in [0.29, 0.717) is 19.5 Å². The van der Waals surface area contributed by atoms with Crippen LogP contribution in [0.15, 0.2) is 28.8 Å². The van der Waals surface area contributed by atoms with Crippen LogP contribution in [0.25, 0.3) is 11.3 Å². The average Bonchev–Trinajstić information content (AvgIpc) is 3.48. The summed E-state index contributed by atoms with van der Waals surface area (Å²) < 4.78 is 32.4. The molecule has 1 aromatic heterocycles. The fourth-order valence-electron chi connectivity index (χ4n) is 5.18. The third-order valence-corrected chi connectivity index (χ3v) is 6.98. The minimum atomic E-state index is -0.819. The first-order chi connectivity index (χ1) is 16.3. The number of rotatable bonds is 6. The van der Waals surface area contributed by atoms with Gasteiger partial charge in [0.2, 0.25) is 5.91 Å². The van der Waals surface area contributed by atoms with E-state index in [0.717, 1.165) is 31.4 Å². The molecule has 1 saturated heterocycles. The summed E-state index contributed by atoms with van der Waals surface area (Å²) in [6, 6.07) is 4.18. The van der Waals surface area contributed by atoms with E-state index in [1.807, 2.05) is 0 Å². The normalized spacial score (nSPS) is 25.3. The largest absolute Gasteiger partial charge is 0.396 e. The van der Waals surface area contributed by atoms with E-state index < -0.39 is 29.5 Å². The van der Waals surface area contributed by atoms with Gasteiger partial charge in [-0.2, -0.15) is 0 Å². The average molecular weight is 477 g/mol. The Kier molecular flexibility index (Phi) is 7.27. The standard InChI is InChI=1S/C24H30F2N4O4/c1-29(2)24(33)17-12-30(21-5-3-4-14(21)13-31)9-8-19(17)27-23(32)20-11-22(34-28-20)16-7-6-15(25)10-18(16)26/h6-7,10-11,14,17,19,21,31H,3-5,8-9,12-13H2,1-2H3,(H,27,32)/t14?,17-,19-,21?/m1/s1. The van der Waals surface area contributed by atoms with E-state index in [9.17, 15) is 23.5 Å². The molecule has 10 heteroatoms. The van der Waals surface area contributed by atoms with Crippen molar-refractivity contribution in [2.75, 3.05) is 33.8 Å². The number of halogens is 2. The lowest BCUT2D eigenvalue weighted by Gasteiger charge is -2.43. The van der Waals surface area contributed by atoms with E-state index in [4.69, 9.17) is 4.52 Å². The lowest BCUT2D eigenvalue weighted by Crippen LogP contribution is -2.58. The zero-order chi connectivity index (χ0) is 24.4. The van der Waals surface area contributed by atoms with Crippen molar-refractivity contribution in [1.82, 2.24) is 20.3 Å². The van der Waals surface area contributed by atoms with Crippen molar-refractivity contribution < 1.29 is 28.0 Å². The second-order valence-electron chi connectivity index (χ2n) is 9.34. The van der Waals surface area contributed by atoms with Gasteiger partial charge in [-0.25, -0.2) is 8.78 Å². The van der Waals surface area contributed by atoms with Crippen LogP contribution >= 0.6 is 0 Å². The summed E-state index contributed by atoms with van der Waals surface area (Å²) in [5.74, 6) is -2.38. The van der Waals surface area contributed by atoms with Gasteiger partial charge in [0.1, 0.15) is 11.6 Å². The second kappa shape index (κ2) is 10.2. The Balaban J connectivity index is 1.48. The highest BCUT2D eigenvalue weighted by atomic mass is 19.1. The van der Waals surface area contributed by atoms with Gasteiger partial charge >= 0.3 is 0 Å². The van der Waals surface area contributed by atoms with Gasteiger partial charge in [-0.3, -0.25) is 14.5 Å². The van der Waals surface area contributed by atoms with Gasteiger partial charge < -0.3 is 19.8 Å². The van der Waals surface area contributed by atoms with Crippen LogP contribution in [0.1, 0.15) is 36.2 Å². The summed E-state index contributed by atoms with van der Waals surface area (Å²) in [7, 11) is 3.38. The second-order valence-corrected chi connectivity index (χ2v) is 9.34. The number of piperidine rings is 1. The number of hydrogen-bond acceptors (Lipinski definition) is 6. The molecule has 184 valence electrons. The van der Waals surface area contributed by atoms with E-state index in [1.165, 1.54) is 17.0 Å². The zero-order valence-electron chi connectivity index (χ0n) is 19.3. The van der Waals surface area contributed by atoms with Gasteiger partial charge in [0.25, 0.3) is 5.91 Å². The summed E-state index contributed by atoms with van der Waals surface area (Å²) >= 11 is 0. The molecule has 1 aliphatic carbocycles. The molecule has 0 radical (unpaired) electrons. The monoisotopic (exact) mass is 476 g/mol. The van der Waals surface area contributed by atoms with Crippen LogP contribution in [0.3, 0.4) is 0 Å². The number of aliphatic hydroxyl groups is 1. The number of likely N-dealkylation sites (tertiary alicyclic amines) is 1. The maximum atomic E-state index is 14.1. The first-order valence-electron chi connectivity index (χ1n) is 11.6. The molecule has 2 heterocycles. The molecule has 2 aliphatic rings. The Morgan fingerprint density at radius 2 is 2.03 bits per heavy atom. The number of benzene rings is 1. The summed E-state index contributed by atoms with van der Waals surface area (Å²) in [5, 5.41) is 16.4. The summed E-state index contributed by atoms with van der Waals surface area (Å²) in [4.78, 5) is 29.7. The van der Waals surface area contributed by atoms with Crippen LogP contribution in [0.2, 0.25) is 0 Å². The van der Waals surface area contributed by atoms with Gasteiger partial charge in [0, 0.05) is 58.0 Å². The van der Waals surface area contributed by atoms with Crippen LogP contribution in [0.5, 0.6) is 0 Å². The van der Waals surface area contributed by atoms with Crippen molar-refractivity contribution in [3.05, 3.63) is 41.6 Å². The molecular weight excluding hydrogens is 446 g/mol. The molecule has 2 N–H and O–H groups in total. The van der Waals surface area contributed by atoms with E-state index in [-0.39, 0.29) is 41.5 Å². The molecule has 2 fully saturated rings. The SMILES string of the molecule is CN(C)C(=O)[C@@H]1CN(C2CCCC2CO)CC[C@H]1NC(=O)c1cc(-c2ccc(F)cc2F)on1. The molecular formula is C24H30F2N4O4. The minimum absolute atomic E-state index is 0.00285. The van der Waals surface area contributed by atoms with Crippen molar-refractivity contribution in [2.24, 2.45) is 11.8 Å². The van der Waals surface area contributed by atoms with E-state index in [1.54, 1.807) is 14.1 Å². The van der Waals surface area contributed by atoms with Gasteiger partial charge in [-0.05, 0) is 37.3 Å². The highest BCUT2D eigenvalue weighted by Crippen LogP contribution is 2.33. The Hall–Kier alpha value is -2.85. The van der Waals surface area contributed by atoms with Crippen LogP contribution in [0, 0.1) is 23.5 Å². The Morgan fingerprint density at radius 3 is 2.74 bits per heavy atom. The molecule has 2 aromatic rings. The molecule has 4 rings (SSSR count). The molecule has 1 saturated carbocycles. The van der Waals surface area contributed by atoms with E-state index in [2.05, 4.69) is 15.4 Å². The lowest BCUT2D eigenvalue weighted by atomic mass is 9.88. The summed E-state index contributed by atoms with van der Waals surface area (Å²) in [6.07, 6.45) is 3.60. The number of nitrogens with zero attached hydrogens (tertiary/aromatic N) is 3. The van der Waals surface area contributed by atoms with Crippen molar-refractivity contribution >= 4 is 11.8 Å². The van der Waals surface area contributed by atoms with Gasteiger partial charge in [-0.15, -0.1) is 0 Å². The summed E-state index contributed by atoms with van der Waals surface area (Å²) in [5.41, 5.74) is -0.0507. The van der Waals surface area contributed by atoms with Crippen LogP contribution < -0.4 is 5.32 Å². The quantitative estimate of drug-likeness (QED) is 0.664. The number of hydrogen-bond donors (Lipinski definition) is 2. The number of aliphatic hydroxyl groups excluding tert-OH is 1. The highest BCUT2D eigenvalue weighted by molar-refractivity contribution is 5.94. The molecule has 2 unspecified atom stereocenters. The van der Waals surface area contributed by atoms with Gasteiger partial charge in [0.15, 0.2) is 11.5 Å². The van der Waals surface area contributed by atoms with Crippen molar-refractivity contribution in [2.45, 2.75) is 37.8 Å². The third-order valence-electron chi connectivity index (χ3n) is 6.98. The fraction of sp³-hybridized carbons (Fsp3) is 0.542. The maximum absolute atomic E-state index is 14.1. The number of carbonyl (C=O) groups is 2. The van der Waals surface area contributed by atoms with Crippen LogP contribution in [0.4, 0.5) is 8.78 Å².